The van der Waals surface area contributed by atoms with Gasteiger partial charge in [0.2, 0.25) is 5.91 Å². The molecule has 2 aromatic heterocycles. The highest BCUT2D eigenvalue weighted by Crippen LogP contribution is 2.32. The number of aromatic amines is 1. The molecule has 9 nitrogen and oxygen atoms in total. The van der Waals surface area contributed by atoms with Gasteiger partial charge in [-0.2, -0.15) is 0 Å². The molecule has 2 amide bonds. The zero-order valence-electron chi connectivity index (χ0n) is 21.4. The molecule has 2 aromatic carbocycles. The molecule has 0 aliphatic carbocycles. The van der Waals surface area contributed by atoms with Crippen molar-refractivity contribution in [1.82, 2.24) is 25.2 Å². The Bertz CT molecular complexity index is 1400. The van der Waals surface area contributed by atoms with E-state index in [4.69, 9.17) is 9.97 Å². The SMILES string of the molecule is CC(=O)NCCNc1nc(-c2ccccc2)nc2[nH]c(C(=O)N3CCC(C(O)c4ccccc4)CC3)cc12. The maximum absolute atomic E-state index is 13.4. The van der Waals surface area contributed by atoms with Crippen molar-refractivity contribution in [3.63, 3.8) is 0 Å². The van der Waals surface area contributed by atoms with E-state index in [1.54, 1.807) is 6.07 Å². The number of rotatable bonds is 8. The molecule has 5 rings (SSSR count). The van der Waals surface area contributed by atoms with Crippen LogP contribution in [0.25, 0.3) is 22.4 Å². The zero-order valence-corrected chi connectivity index (χ0v) is 21.4. The maximum atomic E-state index is 13.4. The van der Waals surface area contributed by atoms with E-state index in [1.807, 2.05) is 65.6 Å². The van der Waals surface area contributed by atoms with Crippen molar-refractivity contribution in [2.75, 3.05) is 31.5 Å². The zero-order chi connectivity index (χ0) is 26.5. The van der Waals surface area contributed by atoms with E-state index in [2.05, 4.69) is 15.6 Å². The molecule has 4 aromatic rings. The van der Waals surface area contributed by atoms with Crippen LogP contribution in [-0.2, 0) is 4.79 Å². The van der Waals surface area contributed by atoms with Gasteiger partial charge in [-0.3, -0.25) is 9.59 Å². The molecule has 1 atom stereocenters. The molecule has 196 valence electrons. The molecule has 1 saturated heterocycles. The molecule has 1 aliphatic rings. The predicted octanol–water partition coefficient (Wildman–Crippen LogP) is 3.76. The second kappa shape index (κ2) is 11.4. The third-order valence-corrected chi connectivity index (χ3v) is 6.96. The highest BCUT2D eigenvalue weighted by molar-refractivity contribution is 6.00. The minimum atomic E-state index is -0.528. The molecule has 0 radical (unpaired) electrons. The Labute approximate surface area is 221 Å². The van der Waals surface area contributed by atoms with Gasteiger partial charge >= 0.3 is 0 Å². The lowest BCUT2D eigenvalue weighted by Crippen LogP contribution is -2.39. The van der Waals surface area contributed by atoms with Gasteiger partial charge in [0.25, 0.3) is 5.91 Å². The Morgan fingerprint density at radius 1 is 1.03 bits per heavy atom. The van der Waals surface area contributed by atoms with Crippen molar-refractivity contribution in [3.05, 3.63) is 78.0 Å². The number of hydrogen-bond donors (Lipinski definition) is 4. The average Bonchev–Trinajstić information content (AvgIpc) is 3.40. The summed E-state index contributed by atoms with van der Waals surface area (Å²) in [4.78, 5) is 39.1. The Morgan fingerprint density at radius 3 is 2.39 bits per heavy atom. The number of aromatic nitrogens is 3. The normalized spacial score (nSPS) is 14.8. The van der Waals surface area contributed by atoms with Gasteiger partial charge in [0.05, 0.1) is 11.5 Å². The first-order valence-electron chi connectivity index (χ1n) is 13.0. The number of likely N-dealkylation sites (tertiary alicyclic amines) is 1. The summed E-state index contributed by atoms with van der Waals surface area (Å²) in [5, 5.41) is 17.6. The van der Waals surface area contributed by atoms with Gasteiger partial charge in [-0.15, -0.1) is 0 Å². The van der Waals surface area contributed by atoms with Crippen molar-refractivity contribution in [2.45, 2.75) is 25.9 Å². The molecule has 4 N–H and O–H groups in total. The van der Waals surface area contributed by atoms with E-state index in [-0.39, 0.29) is 17.7 Å². The van der Waals surface area contributed by atoms with Crippen LogP contribution in [0.3, 0.4) is 0 Å². The smallest absolute Gasteiger partial charge is 0.270 e. The molecule has 1 aliphatic heterocycles. The third kappa shape index (κ3) is 5.68. The number of amides is 2. The lowest BCUT2D eigenvalue weighted by Gasteiger charge is -2.34. The Kier molecular flexibility index (Phi) is 7.65. The molecule has 1 fully saturated rings. The summed E-state index contributed by atoms with van der Waals surface area (Å²) in [6, 6.07) is 21.1. The van der Waals surface area contributed by atoms with Crippen molar-refractivity contribution >= 4 is 28.7 Å². The van der Waals surface area contributed by atoms with Crippen LogP contribution in [0.2, 0.25) is 0 Å². The molecule has 0 bridgehead atoms. The Balaban J connectivity index is 1.34. The predicted molar refractivity (Wildman–Crippen MR) is 147 cm³/mol. The summed E-state index contributed by atoms with van der Waals surface area (Å²) in [6.07, 6.45) is 0.936. The first kappa shape index (κ1) is 25.4. The van der Waals surface area contributed by atoms with Crippen LogP contribution in [0.1, 0.15) is 41.9 Å². The molecule has 3 heterocycles. The summed E-state index contributed by atoms with van der Waals surface area (Å²) in [6.45, 7) is 3.55. The van der Waals surface area contributed by atoms with Crippen LogP contribution in [0.15, 0.2) is 66.7 Å². The second-order valence-corrected chi connectivity index (χ2v) is 9.60. The first-order valence-corrected chi connectivity index (χ1v) is 13.0. The van der Waals surface area contributed by atoms with E-state index in [1.165, 1.54) is 6.92 Å². The van der Waals surface area contributed by atoms with E-state index in [0.29, 0.717) is 54.5 Å². The number of carbonyl (C=O) groups is 2. The van der Waals surface area contributed by atoms with Crippen molar-refractivity contribution in [2.24, 2.45) is 5.92 Å². The quantitative estimate of drug-likeness (QED) is 0.267. The summed E-state index contributed by atoms with van der Waals surface area (Å²) in [7, 11) is 0. The topological polar surface area (TPSA) is 123 Å². The van der Waals surface area contributed by atoms with Gasteiger partial charge in [0.15, 0.2) is 5.82 Å². The number of nitrogens with one attached hydrogen (secondary N) is 3. The molecule has 38 heavy (non-hydrogen) atoms. The minimum absolute atomic E-state index is 0.0962. The second-order valence-electron chi connectivity index (χ2n) is 9.60. The Hall–Kier alpha value is -4.24. The number of nitrogens with zero attached hydrogens (tertiary/aromatic N) is 3. The standard InChI is InChI=1S/C29H32N6O3/c1-19(36)30-14-15-31-27-23-18-24(32-28(23)34-26(33-27)22-10-6-3-7-11-22)29(38)35-16-12-21(13-17-35)25(37)20-8-4-2-5-9-20/h2-11,18,21,25,37H,12-17H2,1H3,(H,30,36)(H2,31,32,33,34). The van der Waals surface area contributed by atoms with Crippen molar-refractivity contribution in [3.8, 4) is 11.4 Å². The number of anilines is 1. The van der Waals surface area contributed by atoms with E-state index < -0.39 is 6.10 Å². The number of fused-ring (bicyclic) bond motifs is 1. The lowest BCUT2D eigenvalue weighted by molar-refractivity contribution is -0.118. The van der Waals surface area contributed by atoms with Crippen LogP contribution < -0.4 is 10.6 Å². The fourth-order valence-corrected chi connectivity index (χ4v) is 4.91. The van der Waals surface area contributed by atoms with Gasteiger partial charge in [0, 0.05) is 38.7 Å². The molecular weight excluding hydrogens is 480 g/mol. The minimum Gasteiger partial charge on any atom is -0.388 e. The van der Waals surface area contributed by atoms with Crippen LogP contribution in [0.4, 0.5) is 5.82 Å². The molecule has 1 unspecified atom stereocenters. The number of aliphatic hydroxyl groups is 1. The van der Waals surface area contributed by atoms with Gasteiger partial charge in [-0.1, -0.05) is 60.7 Å². The number of H-pyrrole nitrogens is 1. The van der Waals surface area contributed by atoms with Gasteiger partial charge in [-0.05, 0) is 30.4 Å². The van der Waals surface area contributed by atoms with E-state index in [0.717, 1.165) is 24.0 Å². The number of piperidine rings is 1. The van der Waals surface area contributed by atoms with Gasteiger partial charge in [0.1, 0.15) is 17.2 Å². The highest BCUT2D eigenvalue weighted by Gasteiger charge is 2.29. The number of benzene rings is 2. The van der Waals surface area contributed by atoms with Crippen LogP contribution in [0, 0.1) is 5.92 Å². The molecule has 0 spiro atoms. The molecule has 9 heteroatoms. The van der Waals surface area contributed by atoms with Crippen molar-refractivity contribution < 1.29 is 14.7 Å². The lowest BCUT2D eigenvalue weighted by atomic mass is 9.87. The first-order chi connectivity index (χ1) is 18.5. The highest BCUT2D eigenvalue weighted by atomic mass is 16.3. The van der Waals surface area contributed by atoms with Crippen LogP contribution in [0.5, 0.6) is 0 Å². The van der Waals surface area contributed by atoms with Crippen LogP contribution >= 0.6 is 0 Å². The van der Waals surface area contributed by atoms with E-state index >= 15 is 0 Å². The number of carbonyl (C=O) groups excluding carboxylic acids is 2. The number of hydrogen-bond acceptors (Lipinski definition) is 6. The number of aliphatic hydroxyl groups excluding tert-OH is 1. The van der Waals surface area contributed by atoms with Crippen LogP contribution in [-0.4, -0.2) is 63.0 Å². The summed E-state index contributed by atoms with van der Waals surface area (Å²) in [5.41, 5.74) is 2.80. The molecular formula is C29H32N6O3. The largest absolute Gasteiger partial charge is 0.388 e. The van der Waals surface area contributed by atoms with Gasteiger partial charge < -0.3 is 25.6 Å². The summed E-state index contributed by atoms with van der Waals surface area (Å²) >= 11 is 0. The average molecular weight is 513 g/mol. The fraction of sp³-hybridized carbons (Fsp3) is 0.310. The maximum Gasteiger partial charge on any atom is 0.270 e. The fourth-order valence-electron chi connectivity index (χ4n) is 4.91. The third-order valence-electron chi connectivity index (χ3n) is 6.96. The Morgan fingerprint density at radius 2 is 1.71 bits per heavy atom. The van der Waals surface area contributed by atoms with E-state index in [9.17, 15) is 14.7 Å². The summed E-state index contributed by atoms with van der Waals surface area (Å²) < 4.78 is 0. The molecule has 0 saturated carbocycles. The van der Waals surface area contributed by atoms with Gasteiger partial charge in [-0.25, -0.2) is 9.97 Å². The monoisotopic (exact) mass is 512 g/mol. The summed E-state index contributed by atoms with van der Waals surface area (Å²) in [5.74, 6) is 1.05. The van der Waals surface area contributed by atoms with Crippen molar-refractivity contribution in [1.29, 1.82) is 0 Å².